The molecular formula is C32H41N3O4S. The van der Waals surface area contributed by atoms with Crippen molar-refractivity contribution in [2.45, 2.75) is 82.0 Å². The quantitative estimate of drug-likeness (QED) is 0.419. The number of benzene rings is 2. The van der Waals surface area contributed by atoms with Crippen molar-refractivity contribution in [3.05, 3.63) is 65.2 Å². The Bertz CT molecular complexity index is 1280. The maximum Gasteiger partial charge on any atom is 0.248 e. The van der Waals surface area contributed by atoms with E-state index in [1.165, 1.54) is 0 Å². The number of para-hydroxylation sites is 1. The normalized spacial score (nSPS) is 29.5. The Morgan fingerprint density at radius 2 is 1.73 bits per heavy atom. The smallest absolute Gasteiger partial charge is 0.248 e. The van der Waals surface area contributed by atoms with Gasteiger partial charge in [0.05, 0.1) is 29.2 Å². The molecule has 2 aromatic carbocycles. The first-order valence-corrected chi connectivity index (χ1v) is 15.2. The van der Waals surface area contributed by atoms with E-state index in [2.05, 4.69) is 31.4 Å². The molecule has 3 N–H and O–H groups in total. The molecule has 0 aliphatic carbocycles. The summed E-state index contributed by atoms with van der Waals surface area (Å²) in [5.41, 5.74) is 3.65. The first-order chi connectivity index (χ1) is 19.0. The van der Waals surface area contributed by atoms with Gasteiger partial charge in [0.2, 0.25) is 17.7 Å². The van der Waals surface area contributed by atoms with Crippen LogP contribution in [0.5, 0.6) is 0 Å². The number of fused-ring (bicyclic) bond motifs is 1. The maximum absolute atomic E-state index is 14.4. The Morgan fingerprint density at radius 3 is 2.35 bits per heavy atom. The largest absolute Gasteiger partial charge is 0.394 e. The lowest BCUT2D eigenvalue weighted by Gasteiger charge is -2.37. The summed E-state index contributed by atoms with van der Waals surface area (Å²) in [6.45, 7) is 10.3. The molecule has 3 heterocycles. The molecule has 3 amide bonds. The van der Waals surface area contributed by atoms with Crippen molar-refractivity contribution in [2.75, 3.05) is 11.9 Å². The van der Waals surface area contributed by atoms with E-state index in [0.717, 1.165) is 28.8 Å². The third-order valence-corrected chi connectivity index (χ3v) is 11.1. The van der Waals surface area contributed by atoms with Crippen LogP contribution in [-0.4, -0.2) is 55.9 Å². The van der Waals surface area contributed by atoms with Crippen LogP contribution in [0.3, 0.4) is 0 Å². The van der Waals surface area contributed by atoms with E-state index in [1.807, 2.05) is 62.4 Å². The summed E-state index contributed by atoms with van der Waals surface area (Å²) in [5.74, 6) is -1.52. The van der Waals surface area contributed by atoms with E-state index in [0.29, 0.717) is 19.4 Å². The second-order valence-electron chi connectivity index (χ2n) is 12.4. The number of rotatable bonds is 9. The average molecular weight is 564 g/mol. The van der Waals surface area contributed by atoms with Gasteiger partial charge >= 0.3 is 0 Å². The number of carbonyl (C=O) groups is 3. The van der Waals surface area contributed by atoms with Crippen LogP contribution in [0.2, 0.25) is 0 Å². The highest BCUT2D eigenvalue weighted by Crippen LogP contribution is 2.71. The van der Waals surface area contributed by atoms with Gasteiger partial charge in [0.15, 0.2) is 0 Å². The van der Waals surface area contributed by atoms with E-state index in [-0.39, 0.29) is 30.2 Å². The summed E-state index contributed by atoms with van der Waals surface area (Å²) < 4.78 is -1.18. The van der Waals surface area contributed by atoms with Crippen molar-refractivity contribution in [2.24, 2.45) is 17.8 Å². The Morgan fingerprint density at radius 1 is 1.05 bits per heavy atom. The highest BCUT2D eigenvalue weighted by Gasteiger charge is 2.77. The molecule has 6 atom stereocenters. The zero-order valence-corrected chi connectivity index (χ0v) is 24.9. The number of aliphatic hydroxyl groups is 1. The molecule has 3 aliphatic rings. The van der Waals surface area contributed by atoms with Crippen LogP contribution in [0, 0.1) is 31.6 Å². The molecule has 0 radical (unpaired) electrons. The second-order valence-corrected chi connectivity index (χ2v) is 14.3. The number of thioether (sulfide) groups is 1. The molecule has 3 aliphatic heterocycles. The summed E-state index contributed by atoms with van der Waals surface area (Å²) in [6.07, 6.45) is 2.00. The van der Waals surface area contributed by atoms with Crippen molar-refractivity contribution in [1.29, 1.82) is 0 Å². The number of nitrogens with one attached hydrogen (secondary N) is 2. The number of hydrogen-bond acceptors (Lipinski definition) is 5. The first-order valence-electron chi connectivity index (χ1n) is 14.3. The molecule has 8 heteroatoms. The number of anilines is 1. The van der Waals surface area contributed by atoms with Gasteiger partial charge in [-0.25, -0.2) is 0 Å². The lowest BCUT2D eigenvalue weighted by atomic mass is 9.66. The fourth-order valence-corrected chi connectivity index (χ4v) is 9.72. The van der Waals surface area contributed by atoms with Crippen molar-refractivity contribution < 1.29 is 19.5 Å². The van der Waals surface area contributed by atoms with E-state index >= 15 is 0 Å². The molecule has 3 fully saturated rings. The second kappa shape index (κ2) is 10.9. The molecule has 0 aromatic heterocycles. The average Bonchev–Trinajstić information content (AvgIpc) is 3.49. The third kappa shape index (κ3) is 4.73. The van der Waals surface area contributed by atoms with Crippen LogP contribution >= 0.6 is 11.8 Å². The van der Waals surface area contributed by atoms with Gasteiger partial charge < -0.3 is 20.6 Å². The Balaban J connectivity index is 1.52. The maximum atomic E-state index is 14.4. The predicted octanol–water partition coefficient (Wildman–Crippen LogP) is 4.45. The van der Waals surface area contributed by atoms with E-state index in [1.54, 1.807) is 16.7 Å². The van der Waals surface area contributed by atoms with Crippen LogP contribution in [0.4, 0.5) is 5.69 Å². The van der Waals surface area contributed by atoms with Crippen LogP contribution in [-0.2, 0) is 20.9 Å². The van der Waals surface area contributed by atoms with Gasteiger partial charge in [-0.05, 0) is 62.6 Å². The number of aliphatic hydroxyl groups excluding tert-OH is 1. The number of amides is 3. The van der Waals surface area contributed by atoms with Crippen LogP contribution in [0.15, 0.2) is 48.5 Å². The first kappa shape index (κ1) is 28.7. The van der Waals surface area contributed by atoms with Gasteiger partial charge in [-0.15, -0.1) is 11.8 Å². The molecular weight excluding hydrogens is 522 g/mol. The summed E-state index contributed by atoms with van der Waals surface area (Å²) in [7, 11) is 0. The Labute approximate surface area is 241 Å². The van der Waals surface area contributed by atoms with Crippen molar-refractivity contribution in [1.82, 2.24) is 10.2 Å². The van der Waals surface area contributed by atoms with E-state index in [4.69, 9.17) is 0 Å². The molecule has 2 bridgehead atoms. The number of carbonyl (C=O) groups excluding carboxylic acids is 3. The topological polar surface area (TPSA) is 98.7 Å². The Kier molecular flexibility index (Phi) is 7.79. The van der Waals surface area contributed by atoms with E-state index in [9.17, 15) is 19.5 Å². The monoisotopic (exact) mass is 563 g/mol. The van der Waals surface area contributed by atoms with Gasteiger partial charge in [0, 0.05) is 17.0 Å². The minimum absolute atomic E-state index is 0.140. The van der Waals surface area contributed by atoms with Crippen molar-refractivity contribution >= 4 is 35.2 Å². The molecule has 1 spiro atoms. The third-order valence-electron chi connectivity index (χ3n) is 9.13. The zero-order chi connectivity index (χ0) is 28.8. The molecule has 40 heavy (non-hydrogen) atoms. The van der Waals surface area contributed by atoms with Crippen LogP contribution < -0.4 is 10.6 Å². The lowest BCUT2D eigenvalue weighted by Crippen LogP contribution is -2.55. The van der Waals surface area contributed by atoms with Gasteiger partial charge in [-0.3, -0.25) is 14.4 Å². The molecule has 214 valence electrons. The number of hydrogen-bond donors (Lipinski definition) is 3. The fourth-order valence-electron chi connectivity index (χ4n) is 7.38. The summed E-state index contributed by atoms with van der Waals surface area (Å²) in [5, 5.41) is 16.8. The Hall–Kier alpha value is -2.84. The summed E-state index contributed by atoms with van der Waals surface area (Å²) >= 11 is 1.65. The molecule has 2 unspecified atom stereocenters. The minimum atomic E-state index is -0.779. The highest BCUT2D eigenvalue weighted by molar-refractivity contribution is 8.02. The van der Waals surface area contributed by atoms with Crippen LogP contribution in [0.25, 0.3) is 0 Å². The standard InChI is InChI=1S/C32H41N3O4S/c1-19(2)16-23(18-36)35-27(29(38)34-26-20(3)10-9-11-21(26)4)32-15-14-31(5,40-32)24(25(32)30(35)39)28(37)33-17-22-12-7-6-8-13-22/h6-13,19,23-25,27,36H,14-18H2,1-5H3,(H,33,37)(H,34,38)/t23-,24+,25+,27?,31-,32?/m1/s1. The summed E-state index contributed by atoms with van der Waals surface area (Å²) in [6, 6.07) is 14.3. The SMILES string of the molecule is Cc1cccc(C)c1NC(=O)C1N([C@@H](CO)CC(C)C)C(=O)[C@@H]2[C@@H](C(=O)NCc3ccccc3)[C@@]3(C)CCC12S3. The van der Waals surface area contributed by atoms with Gasteiger partial charge in [0.1, 0.15) is 6.04 Å². The van der Waals surface area contributed by atoms with Crippen LogP contribution in [0.1, 0.15) is 56.7 Å². The zero-order valence-electron chi connectivity index (χ0n) is 24.1. The molecule has 3 saturated heterocycles. The number of aryl methyl sites for hydroxylation is 2. The van der Waals surface area contributed by atoms with E-state index < -0.39 is 33.4 Å². The van der Waals surface area contributed by atoms with Gasteiger partial charge in [-0.1, -0.05) is 62.4 Å². The molecule has 5 rings (SSSR count). The predicted molar refractivity (Wildman–Crippen MR) is 159 cm³/mol. The van der Waals surface area contributed by atoms with Gasteiger partial charge in [0.25, 0.3) is 0 Å². The highest BCUT2D eigenvalue weighted by atomic mass is 32.2. The molecule has 2 aromatic rings. The van der Waals surface area contributed by atoms with Crippen molar-refractivity contribution in [3.8, 4) is 0 Å². The lowest BCUT2D eigenvalue weighted by molar-refractivity contribution is -0.143. The number of likely N-dealkylation sites (tertiary alicyclic amines) is 1. The number of nitrogens with zero attached hydrogens (tertiary/aromatic N) is 1. The minimum Gasteiger partial charge on any atom is -0.394 e. The molecule has 0 saturated carbocycles. The van der Waals surface area contributed by atoms with Crippen molar-refractivity contribution in [3.63, 3.8) is 0 Å². The fraction of sp³-hybridized carbons (Fsp3) is 0.531. The molecule has 7 nitrogen and oxygen atoms in total. The summed E-state index contributed by atoms with van der Waals surface area (Å²) in [4.78, 5) is 44.2. The van der Waals surface area contributed by atoms with Gasteiger partial charge in [-0.2, -0.15) is 0 Å².